The molecule has 0 aromatic rings. The minimum atomic E-state index is -0.0684. The van der Waals surface area contributed by atoms with E-state index >= 15 is 0 Å². The number of nitrogens with one attached hydrogen (secondary N) is 1. The average molecular weight is 213 g/mol. The molecule has 0 aromatic carbocycles. The minimum absolute atomic E-state index is 0.0684. The van der Waals surface area contributed by atoms with Crippen LogP contribution < -0.4 is 11.3 Å². The molecule has 1 aliphatic rings. The van der Waals surface area contributed by atoms with Crippen molar-refractivity contribution in [1.29, 1.82) is 0 Å². The third kappa shape index (κ3) is 3.80. The lowest BCUT2D eigenvalue weighted by Crippen LogP contribution is -2.44. The largest absolute Gasteiger partial charge is 0.300 e. The van der Waals surface area contributed by atoms with Gasteiger partial charge >= 0.3 is 0 Å². The van der Waals surface area contributed by atoms with Gasteiger partial charge in [0.15, 0.2) is 0 Å². The molecule has 0 spiro atoms. The topological polar surface area (TPSA) is 58.4 Å². The normalized spacial score (nSPS) is 24.9. The molecule has 1 rings (SSSR count). The SMILES string of the molecule is CCC1CCCN(C(C)CC(=O)NN)C1. The molecular weight excluding hydrogens is 190 g/mol. The standard InChI is InChI=1S/C11H23N3O/c1-3-10-5-4-6-14(8-10)9(2)7-11(15)13-12/h9-10H,3-8,12H2,1-2H3,(H,13,15). The summed E-state index contributed by atoms with van der Waals surface area (Å²) in [6.45, 7) is 6.60. The zero-order valence-electron chi connectivity index (χ0n) is 9.83. The lowest BCUT2D eigenvalue weighted by molar-refractivity contribution is -0.122. The van der Waals surface area contributed by atoms with Crippen LogP contribution in [0.15, 0.2) is 0 Å². The van der Waals surface area contributed by atoms with E-state index in [1.807, 2.05) is 0 Å². The maximum atomic E-state index is 11.2. The van der Waals surface area contributed by atoms with Crippen LogP contribution in [0, 0.1) is 5.92 Å². The summed E-state index contributed by atoms with van der Waals surface area (Å²) in [6, 6.07) is 0.308. The van der Waals surface area contributed by atoms with Gasteiger partial charge in [-0.2, -0.15) is 0 Å². The second-order valence-electron chi connectivity index (χ2n) is 4.53. The number of hydrogen-bond donors (Lipinski definition) is 2. The molecule has 0 aromatic heterocycles. The van der Waals surface area contributed by atoms with Crippen molar-refractivity contribution in [3.8, 4) is 0 Å². The van der Waals surface area contributed by atoms with E-state index in [0.29, 0.717) is 12.5 Å². The van der Waals surface area contributed by atoms with Crippen molar-refractivity contribution in [2.24, 2.45) is 11.8 Å². The molecule has 15 heavy (non-hydrogen) atoms. The fraction of sp³-hybridized carbons (Fsp3) is 0.909. The molecular formula is C11H23N3O. The molecule has 4 heteroatoms. The Kier molecular flexibility index (Phi) is 5.05. The Morgan fingerprint density at radius 3 is 3.00 bits per heavy atom. The highest BCUT2D eigenvalue weighted by molar-refractivity contribution is 5.75. The van der Waals surface area contributed by atoms with Crippen molar-refractivity contribution >= 4 is 5.91 Å². The quantitative estimate of drug-likeness (QED) is 0.414. The van der Waals surface area contributed by atoms with E-state index < -0.39 is 0 Å². The van der Waals surface area contributed by atoms with Crippen molar-refractivity contribution in [3.63, 3.8) is 0 Å². The highest BCUT2D eigenvalue weighted by atomic mass is 16.2. The lowest BCUT2D eigenvalue weighted by atomic mass is 9.94. The van der Waals surface area contributed by atoms with Crippen LogP contribution in [0.4, 0.5) is 0 Å². The van der Waals surface area contributed by atoms with Crippen molar-refractivity contribution in [2.45, 2.75) is 45.6 Å². The van der Waals surface area contributed by atoms with Gasteiger partial charge in [-0.25, -0.2) is 5.84 Å². The van der Waals surface area contributed by atoms with Crippen LogP contribution >= 0.6 is 0 Å². The van der Waals surface area contributed by atoms with Crippen LogP contribution in [-0.2, 0) is 4.79 Å². The number of piperidine rings is 1. The summed E-state index contributed by atoms with van der Waals surface area (Å²) >= 11 is 0. The van der Waals surface area contributed by atoms with Gasteiger partial charge in [-0.3, -0.25) is 15.1 Å². The lowest BCUT2D eigenvalue weighted by Gasteiger charge is -2.36. The van der Waals surface area contributed by atoms with E-state index in [9.17, 15) is 4.79 Å². The Morgan fingerprint density at radius 2 is 2.40 bits per heavy atom. The van der Waals surface area contributed by atoms with Crippen molar-refractivity contribution in [3.05, 3.63) is 0 Å². The molecule has 2 unspecified atom stereocenters. The van der Waals surface area contributed by atoms with E-state index in [-0.39, 0.29) is 5.91 Å². The van der Waals surface area contributed by atoms with Crippen LogP contribution in [0.3, 0.4) is 0 Å². The first-order chi connectivity index (χ1) is 7.17. The fourth-order valence-electron chi connectivity index (χ4n) is 2.29. The predicted molar refractivity (Wildman–Crippen MR) is 61.0 cm³/mol. The van der Waals surface area contributed by atoms with Gasteiger partial charge in [0.25, 0.3) is 0 Å². The van der Waals surface area contributed by atoms with Gasteiger partial charge in [-0.15, -0.1) is 0 Å². The average Bonchev–Trinajstić information content (AvgIpc) is 2.28. The van der Waals surface area contributed by atoms with Crippen LogP contribution in [0.1, 0.15) is 39.5 Å². The van der Waals surface area contributed by atoms with E-state index in [0.717, 1.165) is 19.0 Å². The third-order valence-electron chi connectivity index (χ3n) is 3.39. The number of nitrogens with zero attached hydrogens (tertiary/aromatic N) is 1. The maximum Gasteiger partial charge on any atom is 0.235 e. The fourth-order valence-corrected chi connectivity index (χ4v) is 2.29. The van der Waals surface area contributed by atoms with Gasteiger partial charge in [0.2, 0.25) is 5.91 Å². The van der Waals surface area contributed by atoms with E-state index in [1.165, 1.54) is 19.3 Å². The third-order valence-corrected chi connectivity index (χ3v) is 3.39. The highest BCUT2D eigenvalue weighted by Gasteiger charge is 2.23. The number of hydrazine groups is 1. The molecule has 88 valence electrons. The maximum absolute atomic E-state index is 11.2. The molecule has 1 heterocycles. The van der Waals surface area contributed by atoms with E-state index in [1.54, 1.807) is 0 Å². The molecule has 2 atom stereocenters. The second-order valence-corrected chi connectivity index (χ2v) is 4.53. The molecule has 4 nitrogen and oxygen atoms in total. The van der Waals surface area contributed by atoms with Crippen LogP contribution in [0.2, 0.25) is 0 Å². The summed E-state index contributed by atoms with van der Waals surface area (Å²) in [5.41, 5.74) is 2.19. The van der Waals surface area contributed by atoms with Gasteiger partial charge in [0.1, 0.15) is 0 Å². The minimum Gasteiger partial charge on any atom is -0.300 e. The molecule has 1 saturated heterocycles. The van der Waals surface area contributed by atoms with Crippen LogP contribution in [0.5, 0.6) is 0 Å². The Morgan fingerprint density at radius 1 is 1.67 bits per heavy atom. The number of carbonyl (C=O) groups is 1. The molecule has 1 fully saturated rings. The van der Waals surface area contributed by atoms with Crippen LogP contribution in [0.25, 0.3) is 0 Å². The molecule has 3 N–H and O–H groups in total. The summed E-state index contributed by atoms with van der Waals surface area (Å²) in [7, 11) is 0. The molecule has 1 aliphatic heterocycles. The monoisotopic (exact) mass is 213 g/mol. The Bertz CT molecular complexity index is 208. The first kappa shape index (κ1) is 12.5. The summed E-state index contributed by atoms with van der Waals surface area (Å²) in [5, 5.41) is 0. The number of likely N-dealkylation sites (tertiary alicyclic amines) is 1. The Balaban J connectivity index is 2.37. The summed E-state index contributed by atoms with van der Waals surface area (Å²) in [4.78, 5) is 13.6. The van der Waals surface area contributed by atoms with Gasteiger partial charge < -0.3 is 0 Å². The zero-order valence-corrected chi connectivity index (χ0v) is 9.83. The molecule has 0 radical (unpaired) electrons. The molecule has 0 bridgehead atoms. The van der Waals surface area contributed by atoms with Gasteiger partial charge in [-0.05, 0) is 32.2 Å². The van der Waals surface area contributed by atoms with Crippen LogP contribution in [-0.4, -0.2) is 29.9 Å². The predicted octanol–water partition coefficient (Wildman–Crippen LogP) is 0.877. The summed E-state index contributed by atoms with van der Waals surface area (Å²) < 4.78 is 0. The smallest absolute Gasteiger partial charge is 0.235 e. The number of rotatable bonds is 4. The molecule has 0 aliphatic carbocycles. The number of nitrogens with two attached hydrogens (primary N) is 1. The Labute approximate surface area is 92.2 Å². The van der Waals surface area contributed by atoms with E-state index in [2.05, 4.69) is 24.2 Å². The number of hydrogen-bond acceptors (Lipinski definition) is 3. The molecule has 1 amide bonds. The highest BCUT2D eigenvalue weighted by Crippen LogP contribution is 2.21. The summed E-state index contributed by atoms with van der Waals surface area (Å²) in [6.07, 6.45) is 4.34. The second kappa shape index (κ2) is 6.08. The van der Waals surface area contributed by atoms with Crippen molar-refractivity contribution < 1.29 is 4.79 Å². The van der Waals surface area contributed by atoms with Gasteiger partial charge in [0.05, 0.1) is 0 Å². The van der Waals surface area contributed by atoms with Crippen molar-refractivity contribution in [2.75, 3.05) is 13.1 Å². The molecule has 0 saturated carbocycles. The van der Waals surface area contributed by atoms with E-state index in [4.69, 9.17) is 5.84 Å². The van der Waals surface area contributed by atoms with Gasteiger partial charge in [0, 0.05) is 19.0 Å². The zero-order chi connectivity index (χ0) is 11.3. The van der Waals surface area contributed by atoms with Gasteiger partial charge in [-0.1, -0.05) is 13.3 Å². The number of carbonyl (C=O) groups excluding carboxylic acids is 1. The van der Waals surface area contributed by atoms with Crippen molar-refractivity contribution in [1.82, 2.24) is 10.3 Å². The first-order valence-corrected chi connectivity index (χ1v) is 5.90. The summed E-state index contributed by atoms with van der Waals surface area (Å²) in [5.74, 6) is 5.82. The first-order valence-electron chi connectivity index (χ1n) is 5.90. The number of amides is 1. The Hall–Kier alpha value is -0.610.